The third kappa shape index (κ3) is 4.19. The zero-order chi connectivity index (χ0) is 17.6. The minimum absolute atomic E-state index is 0.0439. The van der Waals surface area contributed by atoms with Crippen LogP contribution in [0.1, 0.15) is 5.56 Å². The van der Waals surface area contributed by atoms with E-state index in [1.165, 1.54) is 11.8 Å². The van der Waals surface area contributed by atoms with Crippen LogP contribution in [0.2, 0.25) is 0 Å². The quantitative estimate of drug-likeness (QED) is 0.525. The molecule has 0 bridgehead atoms. The monoisotopic (exact) mass is 353 g/mol. The Morgan fingerprint density at radius 2 is 1.84 bits per heavy atom. The highest BCUT2D eigenvalue weighted by molar-refractivity contribution is 7.99. The summed E-state index contributed by atoms with van der Waals surface area (Å²) in [7, 11) is 1.87. The molecule has 0 saturated carbocycles. The average Bonchev–Trinajstić information content (AvgIpc) is 3.00. The van der Waals surface area contributed by atoms with Crippen LogP contribution in [-0.2, 0) is 18.4 Å². The Bertz CT molecular complexity index is 863. The molecule has 0 fully saturated rings. The van der Waals surface area contributed by atoms with Crippen molar-refractivity contribution < 1.29 is 4.79 Å². The highest BCUT2D eigenvalue weighted by atomic mass is 32.2. The number of rotatable bonds is 6. The summed E-state index contributed by atoms with van der Waals surface area (Å²) in [6.45, 7) is 0.519. The summed E-state index contributed by atoms with van der Waals surface area (Å²) < 4.78 is 1.85. The fourth-order valence-electron chi connectivity index (χ4n) is 2.35. The van der Waals surface area contributed by atoms with Gasteiger partial charge in [-0.2, -0.15) is 0 Å². The highest BCUT2D eigenvalue weighted by Crippen LogP contribution is 2.26. The Kier molecular flexibility index (Phi) is 5.35. The van der Waals surface area contributed by atoms with E-state index in [1.54, 1.807) is 0 Å². The van der Waals surface area contributed by atoms with Gasteiger partial charge in [0.15, 0.2) is 11.0 Å². The van der Waals surface area contributed by atoms with Crippen molar-refractivity contribution in [2.45, 2.75) is 11.7 Å². The fourth-order valence-corrected chi connectivity index (χ4v) is 3.09. The molecular formula is C18H19N5OS. The second-order valence-electron chi connectivity index (χ2n) is 5.50. The highest BCUT2D eigenvalue weighted by Gasteiger charge is 2.14. The molecule has 3 rings (SSSR count). The molecule has 128 valence electrons. The minimum Gasteiger partial charge on any atom is -0.398 e. The smallest absolute Gasteiger partial charge is 0.230 e. The Morgan fingerprint density at radius 1 is 1.12 bits per heavy atom. The summed E-state index contributed by atoms with van der Waals surface area (Å²) in [5, 5.41) is 11.9. The standard InChI is InChI=1S/C18H19N5OS/c1-23-17(14-9-5-6-10-15(14)19)21-22-18(23)25-12-16(24)20-11-13-7-3-2-4-8-13/h2-10H,11-12,19H2,1H3,(H,20,24). The van der Waals surface area contributed by atoms with Gasteiger partial charge in [-0.15, -0.1) is 10.2 Å². The number of thioether (sulfide) groups is 1. The number of carbonyl (C=O) groups is 1. The predicted molar refractivity (Wildman–Crippen MR) is 99.9 cm³/mol. The summed E-state index contributed by atoms with van der Waals surface area (Å²) in [6.07, 6.45) is 0. The molecular weight excluding hydrogens is 334 g/mol. The lowest BCUT2D eigenvalue weighted by Gasteiger charge is -2.07. The van der Waals surface area contributed by atoms with Gasteiger partial charge in [0, 0.05) is 24.8 Å². The van der Waals surface area contributed by atoms with E-state index >= 15 is 0 Å². The van der Waals surface area contributed by atoms with Crippen molar-refractivity contribution in [2.24, 2.45) is 7.05 Å². The van der Waals surface area contributed by atoms with Crippen molar-refractivity contribution in [3.05, 3.63) is 60.2 Å². The number of benzene rings is 2. The molecule has 0 aliphatic rings. The second kappa shape index (κ2) is 7.85. The lowest BCUT2D eigenvalue weighted by atomic mass is 10.2. The molecule has 6 nitrogen and oxygen atoms in total. The largest absolute Gasteiger partial charge is 0.398 e. The van der Waals surface area contributed by atoms with Crippen molar-refractivity contribution in [3.8, 4) is 11.4 Å². The Morgan fingerprint density at radius 3 is 2.60 bits per heavy atom. The van der Waals surface area contributed by atoms with Crippen molar-refractivity contribution in [1.82, 2.24) is 20.1 Å². The number of nitrogens with zero attached hydrogens (tertiary/aromatic N) is 3. The van der Waals surface area contributed by atoms with Gasteiger partial charge in [0.25, 0.3) is 0 Å². The minimum atomic E-state index is -0.0439. The zero-order valence-electron chi connectivity index (χ0n) is 13.8. The van der Waals surface area contributed by atoms with Gasteiger partial charge in [0.05, 0.1) is 5.75 Å². The van der Waals surface area contributed by atoms with Crippen LogP contribution in [-0.4, -0.2) is 26.4 Å². The average molecular weight is 353 g/mol. The van der Waals surface area contributed by atoms with Crippen LogP contribution < -0.4 is 11.1 Å². The van der Waals surface area contributed by atoms with Crippen LogP contribution in [0.15, 0.2) is 59.8 Å². The number of hydrogen-bond acceptors (Lipinski definition) is 5. The van der Waals surface area contributed by atoms with Gasteiger partial charge in [-0.05, 0) is 17.7 Å². The van der Waals surface area contributed by atoms with E-state index in [1.807, 2.05) is 66.2 Å². The third-order valence-electron chi connectivity index (χ3n) is 3.70. The van der Waals surface area contributed by atoms with E-state index in [0.717, 1.165) is 11.1 Å². The Balaban J connectivity index is 1.59. The van der Waals surface area contributed by atoms with E-state index < -0.39 is 0 Å². The number of carbonyl (C=O) groups excluding carboxylic acids is 1. The van der Waals surface area contributed by atoms with Crippen LogP contribution in [0.4, 0.5) is 5.69 Å². The molecule has 1 amide bonds. The fraction of sp³-hybridized carbons (Fsp3) is 0.167. The van der Waals surface area contributed by atoms with Gasteiger partial charge in [0.1, 0.15) is 0 Å². The maximum absolute atomic E-state index is 12.0. The van der Waals surface area contributed by atoms with E-state index in [2.05, 4.69) is 15.5 Å². The Hall–Kier alpha value is -2.80. The van der Waals surface area contributed by atoms with Gasteiger partial charge >= 0.3 is 0 Å². The SMILES string of the molecule is Cn1c(SCC(=O)NCc2ccccc2)nnc1-c1ccccc1N. The van der Waals surface area contributed by atoms with Crippen molar-refractivity contribution in [2.75, 3.05) is 11.5 Å². The number of amides is 1. The second-order valence-corrected chi connectivity index (χ2v) is 6.45. The topological polar surface area (TPSA) is 85.8 Å². The summed E-state index contributed by atoms with van der Waals surface area (Å²) in [6, 6.07) is 17.3. The molecule has 0 spiro atoms. The van der Waals surface area contributed by atoms with Crippen LogP contribution in [0, 0.1) is 0 Å². The molecule has 0 aliphatic carbocycles. The summed E-state index contributed by atoms with van der Waals surface area (Å²) in [4.78, 5) is 12.0. The molecule has 0 saturated heterocycles. The van der Waals surface area contributed by atoms with Gasteiger partial charge in [-0.1, -0.05) is 54.2 Å². The van der Waals surface area contributed by atoms with Crippen molar-refractivity contribution in [1.29, 1.82) is 0 Å². The lowest BCUT2D eigenvalue weighted by Crippen LogP contribution is -2.24. The van der Waals surface area contributed by atoms with E-state index in [-0.39, 0.29) is 11.7 Å². The van der Waals surface area contributed by atoms with Crippen molar-refractivity contribution >= 4 is 23.4 Å². The number of aromatic nitrogens is 3. The molecule has 3 N–H and O–H groups in total. The number of anilines is 1. The number of para-hydroxylation sites is 1. The van der Waals surface area contributed by atoms with Crippen molar-refractivity contribution in [3.63, 3.8) is 0 Å². The zero-order valence-corrected chi connectivity index (χ0v) is 14.7. The summed E-state index contributed by atoms with van der Waals surface area (Å²) in [5.41, 5.74) is 8.55. The predicted octanol–water partition coefficient (Wildman–Crippen LogP) is 2.47. The van der Waals surface area contributed by atoms with Gasteiger partial charge in [-0.3, -0.25) is 4.79 Å². The first-order chi connectivity index (χ1) is 12.1. The molecule has 0 atom stereocenters. The van der Waals surface area contributed by atoms with E-state index in [0.29, 0.717) is 23.2 Å². The number of nitrogen functional groups attached to an aromatic ring is 1. The molecule has 3 aromatic rings. The number of nitrogens with two attached hydrogens (primary N) is 1. The van der Waals surface area contributed by atoms with E-state index in [4.69, 9.17) is 5.73 Å². The molecule has 0 radical (unpaired) electrons. The van der Waals surface area contributed by atoms with Crippen LogP contribution in [0.3, 0.4) is 0 Å². The maximum atomic E-state index is 12.0. The first-order valence-electron chi connectivity index (χ1n) is 7.83. The number of hydrogen-bond donors (Lipinski definition) is 2. The van der Waals surface area contributed by atoms with Gasteiger partial charge in [0.2, 0.25) is 5.91 Å². The van der Waals surface area contributed by atoms with Gasteiger partial charge in [-0.25, -0.2) is 0 Å². The first-order valence-corrected chi connectivity index (χ1v) is 8.81. The molecule has 0 aliphatic heterocycles. The summed E-state index contributed by atoms with van der Waals surface area (Å²) in [5.74, 6) is 0.922. The molecule has 2 aromatic carbocycles. The maximum Gasteiger partial charge on any atom is 0.230 e. The van der Waals surface area contributed by atoms with Crippen LogP contribution in [0.5, 0.6) is 0 Å². The molecule has 1 heterocycles. The van der Waals surface area contributed by atoms with Gasteiger partial charge < -0.3 is 15.6 Å². The first kappa shape index (κ1) is 17.0. The molecule has 7 heteroatoms. The Labute approximate surface area is 150 Å². The molecule has 1 aromatic heterocycles. The normalized spacial score (nSPS) is 10.6. The number of nitrogens with one attached hydrogen (secondary N) is 1. The molecule has 25 heavy (non-hydrogen) atoms. The van der Waals surface area contributed by atoms with Crippen LogP contribution >= 0.6 is 11.8 Å². The van der Waals surface area contributed by atoms with Crippen LogP contribution in [0.25, 0.3) is 11.4 Å². The summed E-state index contributed by atoms with van der Waals surface area (Å²) >= 11 is 1.35. The molecule has 0 unspecified atom stereocenters. The third-order valence-corrected chi connectivity index (χ3v) is 4.72. The lowest BCUT2D eigenvalue weighted by molar-refractivity contribution is -0.118. The van der Waals surface area contributed by atoms with E-state index in [9.17, 15) is 4.79 Å².